The first-order valence-electron chi connectivity index (χ1n) is 6.19. The number of rotatable bonds is 6. The lowest BCUT2D eigenvalue weighted by Gasteiger charge is -2.21. The number of hydrogen-bond acceptors (Lipinski definition) is 3. The second kappa shape index (κ2) is 6.08. The van der Waals surface area contributed by atoms with Gasteiger partial charge >= 0.3 is 0 Å². The molecule has 1 aromatic rings. The summed E-state index contributed by atoms with van der Waals surface area (Å²) in [5.41, 5.74) is 0.599. The Balaban J connectivity index is 1.90. The number of nitriles is 1. The van der Waals surface area contributed by atoms with Gasteiger partial charge in [0.1, 0.15) is 5.75 Å². The summed E-state index contributed by atoms with van der Waals surface area (Å²) in [5.74, 6) is 1.81. The van der Waals surface area contributed by atoms with E-state index in [1.807, 2.05) is 19.2 Å². The van der Waals surface area contributed by atoms with Crippen LogP contribution in [0, 0.1) is 23.2 Å². The lowest BCUT2D eigenvalue weighted by molar-refractivity contribution is 0.218. The number of benzene rings is 1. The largest absolute Gasteiger partial charge is 0.493 e. The molecule has 0 heterocycles. The molecule has 1 N–H and O–H groups in total. The second-order valence-corrected chi connectivity index (χ2v) is 5.11. The Bertz CT molecular complexity index is 422. The second-order valence-electron chi connectivity index (χ2n) is 4.64. The Labute approximate surface area is 113 Å². The maximum absolute atomic E-state index is 8.72. The highest BCUT2D eigenvalue weighted by atomic mass is 35.5. The van der Waals surface area contributed by atoms with Crippen molar-refractivity contribution in [1.82, 2.24) is 5.32 Å². The summed E-state index contributed by atoms with van der Waals surface area (Å²) >= 11 is 6.25. The third kappa shape index (κ3) is 3.38. The molecule has 18 heavy (non-hydrogen) atoms. The van der Waals surface area contributed by atoms with E-state index in [4.69, 9.17) is 21.6 Å². The molecule has 1 fully saturated rings. The van der Waals surface area contributed by atoms with Crippen molar-refractivity contribution in [2.24, 2.45) is 11.8 Å². The molecule has 2 rings (SSSR count). The molecule has 1 aliphatic rings. The van der Waals surface area contributed by atoms with Crippen molar-refractivity contribution >= 4 is 11.6 Å². The molecule has 1 saturated carbocycles. The van der Waals surface area contributed by atoms with Gasteiger partial charge in [-0.25, -0.2) is 0 Å². The van der Waals surface area contributed by atoms with Crippen molar-refractivity contribution in [2.45, 2.75) is 18.3 Å². The van der Waals surface area contributed by atoms with E-state index in [9.17, 15) is 0 Å². The first-order valence-corrected chi connectivity index (χ1v) is 6.62. The van der Waals surface area contributed by atoms with E-state index < -0.39 is 0 Å². The van der Waals surface area contributed by atoms with Crippen molar-refractivity contribution in [3.05, 3.63) is 29.8 Å². The van der Waals surface area contributed by atoms with Crippen molar-refractivity contribution in [1.29, 1.82) is 5.26 Å². The van der Waals surface area contributed by atoms with Crippen LogP contribution >= 0.6 is 11.6 Å². The van der Waals surface area contributed by atoms with Crippen LogP contribution in [0.4, 0.5) is 0 Å². The van der Waals surface area contributed by atoms with E-state index in [-0.39, 0.29) is 5.50 Å². The van der Waals surface area contributed by atoms with Gasteiger partial charge in [0.05, 0.1) is 23.7 Å². The van der Waals surface area contributed by atoms with Crippen LogP contribution in [0.5, 0.6) is 5.75 Å². The minimum absolute atomic E-state index is 0.0455. The molecular formula is C14H17ClN2O. The van der Waals surface area contributed by atoms with Gasteiger partial charge in [0.2, 0.25) is 0 Å². The van der Waals surface area contributed by atoms with E-state index in [0.29, 0.717) is 24.0 Å². The fourth-order valence-corrected chi connectivity index (χ4v) is 2.29. The van der Waals surface area contributed by atoms with Gasteiger partial charge in [0.25, 0.3) is 0 Å². The topological polar surface area (TPSA) is 45.0 Å². The molecule has 0 bridgehead atoms. The zero-order valence-electron chi connectivity index (χ0n) is 10.4. The van der Waals surface area contributed by atoms with Gasteiger partial charge in [-0.1, -0.05) is 0 Å². The Morgan fingerprint density at radius 2 is 2.11 bits per heavy atom. The summed E-state index contributed by atoms with van der Waals surface area (Å²) in [7, 11) is 1.87. The van der Waals surface area contributed by atoms with Crippen molar-refractivity contribution in [3.8, 4) is 11.8 Å². The molecule has 0 aliphatic heterocycles. The van der Waals surface area contributed by atoms with E-state index >= 15 is 0 Å². The number of hydrogen-bond donors (Lipinski definition) is 1. The molecule has 1 aromatic carbocycles. The minimum Gasteiger partial charge on any atom is -0.493 e. The summed E-state index contributed by atoms with van der Waals surface area (Å²) in [6.45, 7) is 0.617. The lowest BCUT2D eigenvalue weighted by atomic mass is 10.1. The van der Waals surface area contributed by atoms with E-state index in [0.717, 1.165) is 5.75 Å². The predicted molar refractivity (Wildman–Crippen MR) is 71.6 cm³/mol. The summed E-state index contributed by atoms with van der Waals surface area (Å²) in [5, 5.41) is 11.8. The quantitative estimate of drug-likeness (QED) is 0.635. The molecule has 4 heteroatoms. The van der Waals surface area contributed by atoms with Crippen LogP contribution in [0.15, 0.2) is 24.3 Å². The first kappa shape index (κ1) is 13.2. The summed E-state index contributed by atoms with van der Waals surface area (Å²) < 4.78 is 5.76. The number of nitrogens with one attached hydrogen (secondary N) is 1. The standard InChI is InChI=1S/C14H17ClN2O/c1-17-14(15)13(11-4-5-11)9-18-12-6-2-10(8-16)3-7-12/h2-3,6-7,11,13-14,17H,4-5,9H2,1H3. The smallest absolute Gasteiger partial charge is 0.119 e. The number of halogens is 1. The summed E-state index contributed by atoms with van der Waals surface area (Å²) in [4.78, 5) is 0. The lowest BCUT2D eigenvalue weighted by Crippen LogP contribution is -2.33. The van der Waals surface area contributed by atoms with Crippen LogP contribution < -0.4 is 10.1 Å². The number of ether oxygens (including phenoxy) is 1. The maximum Gasteiger partial charge on any atom is 0.119 e. The number of alkyl halides is 1. The summed E-state index contributed by atoms with van der Waals surface area (Å²) in [6.07, 6.45) is 2.48. The molecule has 2 unspecified atom stereocenters. The molecule has 0 radical (unpaired) electrons. The van der Waals surface area contributed by atoms with Crippen molar-refractivity contribution in [3.63, 3.8) is 0 Å². The van der Waals surface area contributed by atoms with E-state index in [2.05, 4.69) is 11.4 Å². The fraction of sp³-hybridized carbons (Fsp3) is 0.500. The summed E-state index contributed by atoms with van der Waals surface area (Å²) in [6, 6.07) is 9.26. The van der Waals surface area contributed by atoms with Gasteiger partial charge in [0.15, 0.2) is 0 Å². The number of nitrogens with zero attached hydrogens (tertiary/aromatic N) is 1. The molecule has 0 spiro atoms. The average Bonchev–Trinajstić information content (AvgIpc) is 3.24. The molecule has 2 atom stereocenters. The van der Waals surface area contributed by atoms with Gasteiger partial charge in [-0.15, -0.1) is 11.6 Å². The molecule has 1 aliphatic carbocycles. The molecule has 96 valence electrons. The van der Waals surface area contributed by atoms with Gasteiger partial charge in [-0.2, -0.15) is 5.26 Å². The third-order valence-corrected chi connectivity index (χ3v) is 3.85. The van der Waals surface area contributed by atoms with Crippen LogP contribution in [-0.4, -0.2) is 19.2 Å². The van der Waals surface area contributed by atoms with E-state index in [1.165, 1.54) is 12.8 Å². The minimum atomic E-state index is -0.0455. The Morgan fingerprint density at radius 3 is 2.61 bits per heavy atom. The molecule has 0 amide bonds. The van der Waals surface area contributed by atoms with Crippen molar-refractivity contribution < 1.29 is 4.74 Å². The highest BCUT2D eigenvalue weighted by Crippen LogP contribution is 2.39. The van der Waals surface area contributed by atoms with Gasteiger partial charge < -0.3 is 10.1 Å². The Kier molecular flexibility index (Phi) is 4.46. The highest BCUT2D eigenvalue weighted by molar-refractivity contribution is 6.20. The monoisotopic (exact) mass is 264 g/mol. The van der Waals surface area contributed by atoms with Crippen molar-refractivity contribution in [2.75, 3.05) is 13.7 Å². The van der Waals surface area contributed by atoms with Gasteiger partial charge in [0, 0.05) is 5.92 Å². The molecule has 0 saturated heterocycles. The van der Waals surface area contributed by atoms with Crippen LogP contribution in [0.3, 0.4) is 0 Å². The van der Waals surface area contributed by atoms with Crippen LogP contribution in [-0.2, 0) is 0 Å². The average molecular weight is 265 g/mol. The van der Waals surface area contributed by atoms with Gasteiger partial charge in [-0.3, -0.25) is 0 Å². The molecule has 3 nitrogen and oxygen atoms in total. The van der Waals surface area contributed by atoms with Crippen LogP contribution in [0.25, 0.3) is 0 Å². The first-order chi connectivity index (χ1) is 8.74. The van der Waals surface area contributed by atoms with Crippen LogP contribution in [0.1, 0.15) is 18.4 Å². The zero-order valence-corrected chi connectivity index (χ0v) is 11.2. The Morgan fingerprint density at radius 1 is 1.44 bits per heavy atom. The molecule has 0 aromatic heterocycles. The Hall–Kier alpha value is -1.24. The maximum atomic E-state index is 8.72. The third-order valence-electron chi connectivity index (χ3n) is 3.31. The normalized spacial score (nSPS) is 17.8. The van der Waals surface area contributed by atoms with Gasteiger partial charge in [-0.05, 0) is 50.1 Å². The zero-order chi connectivity index (χ0) is 13.0. The van der Waals surface area contributed by atoms with Crippen LogP contribution in [0.2, 0.25) is 0 Å². The predicted octanol–water partition coefficient (Wildman–Crippen LogP) is 2.75. The molecular weight excluding hydrogens is 248 g/mol. The SMILES string of the molecule is CNC(Cl)C(COc1ccc(C#N)cc1)C1CC1. The fourth-order valence-electron chi connectivity index (χ4n) is 2.02. The highest BCUT2D eigenvalue weighted by Gasteiger charge is 2.35. The van der Waals surface area contributed by atoms with E-state index in [1.54, 1.807) is 12.1 Å².